The summed E-state index contributed by atoms with van der Waals surface area (Å²) in [6.07, 6.45) is 0. The second kappa shape index (κ2) is 6.56. The van der Waals surface area contributed by atoms with E-state index in [1.807, 2.05) is 42.5 Å². The smallest absolute Gasteiger partial charge is 0.339 e. The van der Waals surface area contributed by atoms with Gasteiger partial charge in [-0.15, -0.1) is 0 Å². The molecule has 0 unspecified atom stereocenters. The molecule has 2 rings (SSSR count). The quantitative estimate of drug-likeness (QED) is 0.797. The van der Waals surface area contributed by atoms with E-state index in [-0.39, 0.29) is 12.4 Å². The molecule has 0 spiro atoms. The van der Waals surface area contributed by atoms with Gasteiger partial charge in [0.15, 0.2) is 12.4 Å². The molecule has 0 aliphatic rings. The van der Waals surface area contributed by atoms with Gasteiger partial charge in [-0.2, -0.15) is 0 Å². The van der Waals surface area contributed by atoms with E-state index in [9.17, 15) is 9.59 Å². The first-order chi connectivity index (χ1) is 10.4. The normalized spacial score (nSPS) is 11.0. The molecule has 0 aliphatic heterocycles. The van der Waals surface area contributed by atoms with Crippen LogP contribution in [0.5, 0.6) is 0 Å². The highest BCUT2D eigenvalue weighted by Crippen LogP contribution is 2.24. The Morgan fingerprint density at radius 2 is 1.50 bits per heavy atom. The molecule has 2 aromatic rings. The van der Waals surface area contributed by atoms with Crippen LogP contribution in [0.2, 0.25) is 0 Å². The summed E-state index contributed by atoms with van der Waals surface area (Å²) in [4.78, 5) is 24.2. The van der Waals surface area contributed by atoms with Crippen LogP contribution in [-0.2, 0) is 9.53 Å². The Morgan fingerprint density at radius 3 is 2.14 bits per heavy atom. The van der Waals surface area contributed by atoms with Crippen LogP contribution in [-0.4, -0.2) is 18.4 Å². The molecule has 0 radical (unpaired) electrons. The minimum absolute atomic E-state index is 0.0990. The average molecular weight is 296 g/mol. The van der Waals surface area contributed by atoms with Gasteiger partial charge in [0.1, 0.15) is 0 Å². The van der Waals surface area contributed by atoms with Gasteiger partial charge in [-0.05, 0) is 17.2 Å². The Kier molecular flexibility index (Phi) is 4.76. The maximum absolute atomic E-state index is 12.3. The van der Waals surface area contributed by atoms with E-state index in [1.54, 1.807) is 32.9 Å². The highest BCUT2D eigenvalue weighted by Gasteiger charge is 2.23. The van der Waals surface area contributed by atoms with Gasteiger partial charge < -0.3 is 4.74 Å². The Labute approximate surface area is 130 Å². The first-order valence-corrected chi connectivity index (χ1v) is 7.24. The molecule has 22 heavy (non-hydrogen) atoms. The second-order valence-corrected chi connectivity index (χ2v) is 6.16. The summed E-state index contributed by atoms with van der Waals surface area (Å²) in [7, 11) is 0. The minimum atomic E-state index is -0.515. The molecule has 0 aliphatic carbocycles. The number of benzene rings is 2. The van der Waals surface area contributed by atoms with Crippen LogP contribution in [0, 0.1) is 5.41 Å². The van der Waals surface area contributed by atoms with Crippen molar-refractivity contribution < 1.29 is 14.3 Å². The van der Waals surface area contributed by atoms with Crippen molar-refractivity contribution in [3.8, 4) is 11.1 Å². The Balaban J connectivity index is 2.19. The molecular formula is C19H20O3. The maximum Gasteiger partial charge on any atom is 0.339 e. The van der Waals surface area contributed by atoms with Crippen molar-refractivity contribution >= 4 is 11.8 Å². The van der Waals surface area contributed by atoms with Crippen LogP contribution in [0.3, 0.4) is 0 Å². The van der Waals surface area contributed by atoms with Crippen LogP contribution in [0.1, 0.15) is 31.1 Å². The predicted octanol–water partition coefficient (Wildman–Crippen LogP) is 4.13. The Bertz CT molecular complexity index is 667. The zero-order valence-corrected chi connectivity index (χ0v) is 13.1. The molecule has 0 bridgehead atoms. The van der Waals surface area contributed by atoms with E-state index in [2.05, 4.69) is 0 Å². The molecule has 0 heterocycles. The highest BCUT2D eigenvalue weighted by atomic mass is 16.5. The monoisotopic (exact) mass is 296 g/mol. The number of carbonyl (C=O) groups is 2. The van der Waals surface area contributed by atoms with Crippen molar-refractivity contribution in [3.63, 3.8) is 0 Å². The van der Waals surface area contributed by atoms with Gasteiger partial charge in [0.05, 0.1) is 5.56 Å². The summed E-state index contributed by atoms with van der Waals surface area (Å²) in [5.74, 6) is -0.574. The van der Waals surface area contributed by atoms with E-state index in [4.69, 9.17) is 4.74 Å². The van der Waals surface area contributed by atoms with Crippen LogP contribution < -0.4 is 0 Å². The van der Waals surface area contributed by atoms with E-state index in [0.717, 1.165) is 11.1 Å². The molecule has 3 heteroatoms. The molecule has 0 amide bonds. The number of rotatable bonds is 4. The van der Waals surface area contributed by atoms with Gasteiger partial charge in [-0.25, -0.2) is 4.79 Å². The van der Waals surface area contributed by atoms with Gasteiger partial charge in [0.25, 0.3) is 0 Å². The van der Waals surface area contributed by atoms with Gasteiger partial charge >= 0.3 is 5.97 Å². The van der Waals surface area contributed by atoms with Gasteiger partial charge in [0, 0.05) is 5.41 Å². The van der Waals surface area contributed by atoms with E-state index < -0.39 is 11.4 Å². The second-order valence-electron chi connectivity index (χ2n) is 6.16. The van der Waals surface area contributed by atoms with E-state index in [1.165, 1.54) is 0 Å². The first-order valence-electron chi connectivity index (χ1n) is 7.24. The van der Waals surface area contributed by atoms with Crippen molar-refractivity contribution in [2.24, 2.45) is 5.41 Å². The third kappa shape index (κ3) is 3.82. The summed E-state index contributed by atoms with van der Waals surface area (Å²) < 4.78 is 5.19. The lowest BCUT2D eigenvalue weighted by Crippen LogP contribution is -2.26. The zero-order valence-electron chi connectivity index (χ0n) is 13.1. The SMILES string of the molecule is CC(C)(C)C(=O)COC(=O)c1ccccc1-c1ccccc1. The van der Waals surface area contributed by atoms with Gasteiger partial charge in [0.2, 0.25) is 0 Å². The molecule has 0 atom stereocenters. The molecule has 0 aromatic heterocycles. The number of carbonyl (C=O) groups excluding carboxylic acids is 2. The third-order valence-electron chi connectivity index (χ3n) is 3.40. The minimum Gasteiger partial charge on any atom is -0.454 e. The topological polar surface area (TPSA) is 43.4 Å². The third-order valence-corrected chi connectivity index (χ3v) is 3.40. The standard InChI is InChI=1S/C19H20O3/c1-19(2,3)17(20)13-22-18(21)16-12-8-7-11-15(16)14-9-5-4-6-10-14/h4-12H,13H2,1-3H3. The van der Waals surface area contributed by atoms with Crippen molar-refractivity contribution in [2.75, 3.05) is 6.61 Å². The van der Waals surface area contributed by atoms with Crippen molar-refractivity contribution in [2.45, 2.75) is 20.8 Å². The number of ketones is 1. The van der Waals surface area contributed by atoms with Crippen LogP contribution in [0.15, 0.2) is 54.6 Å². The molecule has 2 aromatic carbocycles. The molecule has 0 saturated heterocycles. The highest BCUT2D eigenvalue weighted by molar-refractivity contribution is 5.98. The summed E-state index contributed by atoms with van der Waals surface area (Å²) in [5.41, 5.74) is 1.70. The van der Waals surface area contributed by atoms with Crippen LogP contribution in [0.25, 0.3) is 11.1 Å². The Morgan fingerprint density at radius 1 is 0.909 bits per heavy atom. The molecule has 3 nitrogen and oxygen atoms in total. The number of ether oxygens (including phenoxy) is 1. The van der Waals surface area contributed by atoms with Gasteiger partial charge in [-0.1, -0.05) is 69.3 Å². The fraction of sp³-hybridized carbons (Fsp3) is 0.263. The van der Waals surface area contributed by atoms with Crippen molar-refractivity contribution in [1.82, 2.24) is 0 Å². The van der Waals surface area contributed by atoms with E-state index >= 15 is 0 Å². The lowest BCUT2D eigenvalue weighted by molar-refractivity contribution is -0.129. The fourth-order valence-electron chi connectivity index (χ4n) is 1.96. The predicted molar refractivity (Wildman–Crippen MR) is 86.6 cm³/mol. The van der Waals surface area contributed by atoms with Crippen LogP contribution in [0.4, 0.5) is 0 Å². The van der Waals surface area contributed by atoms with Crippen LogP contribution >= 0.6 is 0 Å². The molecule has 0 N–H and O–H groups in total. The van der Waals surface area contributed by atoms with Crippen molar-refractivity contribution in [3.05, 3.63) is 60.2 Å². The number of Topliss-reactive ketones (excluding diaryl/α,β-unsaturated/α-hetero) is 1. The number of hydrogen-bond acceptors (Lipinski definition) is 3. The summed E-state index contributed by atoms with van der Waals surface area (Å²) in [6, 6.07) is 16.9. The molecule has 0 fully saturated rings. The number of esters is 1. The van der Waals surface area contributed by atoms with Crippen molar-refractivity contribution in [1.29, 1.82) is 0 Å². The molecule has 0 saturated carbocycles. The average Bonchev–Trinajstić information content (AvgIpc) is 2.52. The molecular weight excluding hydrogens is 276 g/mol. The number of hydrogen-bond donors (Lipinski definition) is 0. The zero-order chi connectivity index (χ0) is 16.2. The largest absolute Gasteiger partial charge is 0.454 e. The molecule has 114 valence electrons. The van der Waals surface area contributed by atoms with Gasteiger partial charge in [-0.3, -0.25) is 4.79 Å². The lowest BCUT2D eigenvalue weighted by atomic mass is 9.91. The summed E-state index contributed by atoms with van der Waals surface area (Å²) in [6.45, 7) is 5.22. The summed E-state index contributed by atoms with van der Waals surface area (Å²) >= 11 is 0. The van der Waals surface area contributed by atoms with E-state index in [0.29, 0.717) is 5.56 Å². The maximum atomic E-state index is 12.3. The lowest BCUT2D eigenvalue weighted by Gasteiger charge is -2.16. The summed E-state index contributed by atoms with van der Waals surface area (Å²) in [5, 5.41) is 0. The fourth-order valence-corrected chi connectivity index (χ4v) is 1.96. The Hall–Kier alpha value is -2.42. The first kappa shape index (κ1) is 16.0.